The minimum Gasteiger partial charge on any atom is -0.379 e. The van der Waals surface area contributed by atoms with Gasteiger partial charge >= 0.3 is 0 Å². The van der Waals surface area contributed by atoms with Crippen LogP contribution in [-0.4, -0.2) is 71.6 Å². The Morgan fingerprint density at radius 2 is 1.80 bits per heavy atom. The number of aromatic nitrogens is 3. The molecule has 0 bridgehead atoms. The minimum absolute atomic E-state index is 0.540. The Morgan fingerprint density at radius 3 is 2.50 bits per heavy atom. The standard InChI is InChI=1S/C22H41N7O/c1-19-26-27-21(28(19)2)18-25-22(23-11-6-10-20-8-4-3-5-9-20)24-12-7-13-29-14-16-30-17-15-29/h20H,3-18H2,1-2H3,(H2,23,24,25). The van der Waals surface area contributed by atoms with Crippen LogP contribution in [-0.2, 0) is 18.3 Å². The lowest BCUT2D eigenvalue weighted by molar-refractivity contribution is 0.0376. The predicted octanol–water partition coefficient (Wildman–Crippen LogP) is 2.24. The fraction of sp³-hybridized carbons (Fsp3) is 0.864. The van der Waals surface area contributed by atoms with Crippen LogP contribution in [0.5, 0.6) is 0 Å². The molecule has 8 nitrogen and oxygen atoms in total. The largest absolute Gasteiger partial charge is 0.379 e. The maximum atomic E-state index is 5.43. The van der Waals surface area contributed by atoms with Gasteiger partial charge in [-0.2, -0.15) is 0 Å². The van der Waals surface area contributed by atoms with Crippen molar-refractivity contribution >= 4 is 5.96 Å². The van der Waals surface area contributed by atoms with Crippen molar-refractivity contribution in [2.45, 2.75) is 64.8 Å². The summed E-state index contributed by atoms with van der Waals surface area (Å²) in [6.07, 6.45) is 10.8. The molecule has 0 radical (unpaired) electrons. The fourth-order valence-electron chi connectivity index (χ4n) is 4.32. The van der Waals surface area contributed by atoms with Crippen LogP contribution < -0.4 is 10.6 Å². The fourth-order valence-corrected chi connectivity index (χ4v) is 4.32. The number of guanidine groups is 1. The normalized spacial score (nSPS) is 19.2. The molecule has 1 aliphatic carbocycles. The van der Waals surface area contributed by atoms with E-state index < -0.39 is 0 Å². The molecule has 0 atom stereocenters. The topological polar surface area (TPSA) is 79.6 Å². The van der Waals surface area contributed by atoms with Crippen LogP contribution >= 0.6 is 0 Å². The second kappa shape index (κ2) is 12.9. The van der Waals surface area contributed by atoms with Gasteiger partial charge in [0, 0.05) is 33.2 Å². The lowest BCUT2D eigenvalue weighted by atomic mass is 9.86. The van der Waals surface area contributed by atoms with Gasteiger partial charge in [0.15, 0.2) is 11.8 Å². The van der Waals surface area contributed by atoms with E-state index in [1.165, 1.54) is 44.9 Å². The van der Waals surface area contributed by atoms with Crippen LogP contribution in [0.1, 0.15) is 63.0 Å². The zero-order chi connectivity index (χ0) is 21.0. The van der Waals surface area contributed by atoms with Crippen molar-refractivity contribution in [2.75, 3.05) is 45.9 Å². The van der Waals surface area contributed by atoms with Crippen LogP contribution in [0.3, 0.4) is 0 Å². The van der Waals surface area contributed by atoms with Gasteiger partial charge in [0.25, 0.3) is 0 Å². The van der Waals surface area contributed by atoms with Crippen LogP contribution in [0, 0.1) is 12.8 Å². The number of hydrogen-bond donors (Lipinski definition) is 2. The van der Waals surface area contributed by atoms with Gasteiger partial charge in [-0.3, -0.25) is 4.90 Å². The highest BCUT2D eigenvalue weighted by molar-refractivity contribution is 5.79. The SMILES string of the molecule is Cc1nnc(CN=C(NCCCC2CCCCC2)NCCCN2CCOCC2)n1C. The molecule has 2 fully saturated rings. The number of aryl methyl sites for hydroxylation is 1. The van der Waals surface area contributed by atoms with E-state index in [-0.39, 0.29) is 0 Å². The highest BCUT2D eigenvalue weighted by Gasteiger charge is 2.13. The van der Waals surface area contributed by atoms with E-state index in [1.54, 1.807) is 0 Å². The number of aliphatic imine (C=N–C) groups is 1. The average Bonchev–Trinajstić information content (AvgIpc) is 3.11. The summed E-state index contributed by atoms with van der Waals surface area (Å²) in [6, 6.07) is 0. The van der Waals surface area contributed by atoms with E-state index in [9.17, 15) is 0 Å². The van der Waals surface area contributed by atoms with Gasteiger partial charge < -0.3 is 19.9 Å². The summed E-state index contributed by atoms with van der Waals surface area (Å²) in [5.74, 6) is 3.63. The molecule has 1 aromatic heterocycles. The summed E-state index contributed by atoms with van der Waals surface area (Å²) in [5, 5.41) is 15.4. The van der Waals surface area contributed by atoms with E-state index in [4.69, 9.17) is 9.73 Å². The smallest absolute Gasteiger partial charge is 0.191 e. The summed E-state index contributed by atoms with van der Waals surface area (Å²) in [4.78, 5) is 7.25. The van der Waals surface area contributed by atoms with E-state index >= 15 is 0 Å². The van der Waals surface area contributed by atoms with Gasteiger partial charge in [-0.1, -0.05) is 32.1 Å². The molecule has 2 N–H and O–H groups in total. The third-order valence-electron chi connectivity index (χ3n) is 6.41. The third-order valence-corrected chi connectivity index (χ3v) is 6.41. The van der Waals surface area contributed by atoms with Crippen molar-refractivity contribution < 1.29 is 4.74 Å². The minimum atomic E-state index is 0.540. The molecule has 30 heavy (non-hydrogen) atoms. The molecule has 3 rings (SSSR count). The molecule has 2 heterocycles. The van der Waals surface area contributed by atoms with Crippen LogP contribution in [0.15, 0.2) is 4.99 Å². The van der Waals surface area contributed by atoms with Crippen LogP contribution in [0.2, 0.25) is 0 Å². The lowest BCUT2D eigenvalue weighted by Gasteiger charge is -2.26. The Hall–Kier alpha value is -1.67. The van der Waals surface area contributed by atoms with Crippen molar-refractivity contribution in [3.63, 3.8) is 0 Å². The first-order valence-corrected chi connectivity index (χ1v) is 11.9. The van der Waals surface area contributed by atoms with E-state index in [0.717, 1.165) is 75.9 Å². The zero-order valence-corrected chi connectivity index (χ0v) is 19.0. The van der Waals surface area contributed by atoms with E-state index in [2.05, 4.69) is 25.7 Å². The third kappa shape index (κ3) is 7.87. The summed E-state index contributed by atoms with van der Waals surface area (Å²) < 4.78 is 7.43. The first-order chi connectivity index (χ1) is 14.7. The van der Waals surface area contributed by atoms with Gasteiger partial charge in [-0.25, -0.2) is 4.99 Å². The second-order valence-corrected chi connectivity index (χ2v) is 8.69. The quantitative estimate of drug-likeness (QED) is 0.344. The number of hydrogen-bond acceptors (Lipinski definition) is 5. The number of nitrogens with zero attached hydrogens (tertiary/aromatic N) is 5. The summed E-state index contributed by atoms with van der Waals surface area (Å²) in [5.41, 5.74) is 0. The van der Waals surface area contributed by atoms with Crippen molar-refractivity contribution in [1.29, 1.82) is 0 Å². The number of rotatable bonds is 10. The Kier molecular flexibility index (Phi) is 9.89. The lowest BCUT2D eigenvalue weighted by Crippen LogP contribution is -2.41. The molecule has 0 spiro atoms. The Morgan fingerprint density at radius 1 is 1.07 bits per heavy atom. The average molecular weight is 420 g/mol. The van der Waals surface area contributed by atoms with E-state index in [0.29, 0.717) is 6.54 Å². The number of ether oxygens (including phenoxy) is 1. The van der Waals surface area contributed by atoms with Gasteiger partial charge in [-0.05, 0) is 38.6 Å². The molecule has 1 saturated heterocycles. The first-order valence-electron chi connectivity index (χ1n) is 11.9. The Bertz CT molecular complexity index is 605. The van der Waals surface area contributed by atoms with Crippen molar-refractivity contribution in [2.24, 2.45) is 18.0 Å². The highest BCUT2D eigenvalue weighted by Crippen LogP contribution is 2.26. The zero-order valence-electron chi connectivity index (χ0n) is 19.0. The van der Waals surface area contributed by atoms with Gasteiger partial charge in [0.05, 0.1) is 13.2 Å². The molecule has 1 saturated carbocycles. The highest BCUT2D eigenvalue weighted by atomic mass is 16.5. The molecule has 1 aliphatic heterocycles. The summed E-state index contributed by atoms with van der Waals surface area (Å²) in [7, 11) is 1.99. The maximum absolute atomic E-state index is 5.43. The summed E-state index contributed by atoms with van der Waals surface area (Å²) >= 11 is 0. The molecule has 0 amide bonds. The molecule has 1 aromatic rings. The van der Waals surface area contributed by atoms with E-state index in [1.807, 2.05) is 18.5 Å². The van der Waals surface area contributed by atoms with Crippen molar-refractivity contribution in [3.8, 4) is 0 Å². The van der Waals surface area contributed by atoms with Crippen molar-refractivity contribution in [3.05, 3.63) is 11.6 Å². The van der Waals surface area contributed by atoms with Gasteiger partial charge in [0.2, 0.25) is 0 Å². The maximum Gasteiger partial charge on any atom is 0.191 e. The van der Waals surface area contributed by atoms with Crippen LogP contribution in [0.4, 0.5) is 0 Å². The molecule has 170 valence electrons. The van der Waals surface area contributed by atoms with Gasteiger partial charge in [-0.15, -0.1) is 10.2 Å². The van der Waals surface area contributed by atoms with Crippen LogP contribution in [0.25, 0.3) is 0 Å². The molecule has 0 unspecified atom stereocenters. The van der Waals surface area contributed by atoms with Gasteiger partial charge in [0.1, 0.15) is 12.4 Å². The molecule has 0 aromatic carbocycles. The van der Waals surface area contributed by atoms with Crippen molar-refractivity contribution in [1.82, 2.24) is 30.3 Å². The monoisotopic (exact) mass is 419 g/mol. The molecule has 2 aliphatic rings. The molecular formula is C22H41N7O. The number of nitrogens with one attached hydrogen (secondary N) is 2. The summed E-state index contributed by atoms with van der Waals surface area (Å²) in [6.45, 7) is 9.33. The molecule has 8 heteroatoms. The molecular weight excluding hydrogens is 378 g/mol. The second-order valence-electron chi connectivity index (χ2n) is 8.69. The Balaban J connectivity index is 1.42. The Labute approximate surface area is 181 Å². The first kappa shape index (κ1) is 23.0. The number of morpholine rings is 1. The predicted molar refractivity (Wildman–Crippen MR) is 121 cm³/mol.